The minimum Gasteiger partial charge on any atom is -0.380 e. The van der Waals surface area contributed by atoms with Gasteiger partial charge in [-0.2, -0.15) is 0 Å². The Hall–Kier alpha value is -2.62. The maximum atomic E-state index is 12.3. The summed E-state index contributed by atoms with van der Waals surface area (Å²) in [5.74, 6) is 0. The normalized spacial score (nSPS) is 11.1. The van der Waals surface area contributed by atoms with E-state index < -0.39 is 25.5 Å². The van der Waals surface area contributed by atoms with Crippen molar-refractivity contribution in [3.05, 3.63) is 40.8 Å². The van der Waals surface area contributed by atoms with Crippen LogP contribution >= 0.6 is 0 Å². The fraction of sp³-hybridized carbons (Fsp3) is 0.182. The molecule has 2 N–H and O–H groups in total. The van der Waals surface area contributed by atoms with E-state index >= 15 is 0 Å². The number of nitrogens with one attached hydrogen (secondary N) is 2. The lowest BCUT2D eigenvalue weighted by molar-refractivity contribution is -0.386. The highest BCUT2D eigenvalue weighted by Gasteiger charge is 2.29. The molecule has 0 bridgehead atoms. The molecule has 2 rings (SSSR count). The van der Waals surface area contributed by atoms with Crippen molar-refractivity contribution in [2.45, 2.75) is 11.8 Å². The number of nitrogens with zero attached hydrogens (tertiary/aromatic N) is 2. The molecular formula is C11H12N4O5S. The van der Waals surface area contributed by atoms with Crippen molar-refractivity contribution < 1.29 is 17.9 Å². The maximum Gasteiger partial charge on any atom is 0.312 e. The zero-order valence-corrected chi connectivity index (χ0v) is 11.8. The monoisotopic (exact) mass is 312 g/mol. The topological polar surface area (TPSA) is 127 Å². The second-order valence-corrected chi connectivity index (χ2v) is 5.61. The van der Waals surface area contributed by atoms with Gasteiger partial charge in [0.25, 0.3) is 10.0 Å². The highest BCUT2D eigenvalue weighted by atomic mass is 32.2. The van der Waals surface area contributed by atoms with Gasteiger partial charge in [0.05, 0.1) is 11.1 Å². The average molecular weight is 312 g/mol. The number of hydrogen-bond acceptors (Lipinski definition) is 7. The van der Waals surface area contributed by atoms with Gasteiger partial charge >= 0.3 is 5.69 Å². The van der Waals surface area contributed by atoms with Crippen molar-refractivity contribution in [1.82, 2.24) is 5.16 Å². The third-order valence-corrected chi connectivity index (χ3v) is 3.94. The predicted molar refractivity (Wildman–Crippen MR) is 74.6 cm³/mol. The molecule has 0 unspecified atom stereocenters. The van der Waals surface area contributed by atoms with Crippen molar-refractivity contribution >= 4 is 27.1 Å². The van der Waals surface area contributed by atoms with Gasteiger partial charge in [-0.05, 0) is 19.1 Å². The Balaban J connectivity index is 2.52. The van der Waals surface area contributed by atoms with Crippen molar-refractivity contribution in [1.29, 1.82) is 0 Å². The first-order chi connectivity index (χ1) is 9.95. The smallest absolute Gasteiger partial charge is 0.312 e. The summed E-state index contributed by atoms with van der Waals surface area (Å²) in [5, 5.41) is 17.3. The molecule has 1 heterocycles. The summed E-state index contributed by atoms with van der Waals surface area (Å²) in [6.07, 6.45) is 2.23. The fourth-order valence-electron chi connectivity index (χ4n) is 1.73. The van der Waals surface area contributed by atoms with E-state index in [9.17, 15) is 18.5 Å². The first kappa shape index (κ1) is 14.8. The Morgan fingerprint density at radius 2 is 2.19 bits per heavy atom. The Morgan fingerprint density at radius 3 is 2.76 bits per heavy atom. The van der Waals surface area contributed by atoms with Gasteiger partial charge in [-0.25, -0.2) is 8.42 Å². The first-order valence-corrected chi connectivity index (χ1v) is 7.37. The van der Waals surface area contributed by atoms with Gasteiger partial charge in [0.15, 0.2) is 4.90 Å². The fourth-order valence-corrected chi connectivity index (χ4v) is 2.94. The molecule has 0 aliphatic rings. The number of rotatable bonds is 6. The molecule has 0 spiro atoms. The molecule has 0 amide bonds. The number of benzene rings is 1. The summed E-state index contributed by atoms with van der Waals surface area (Å²) < 4.78 is 31.2. The van der Waals surface area contributed by atoms with Gasteiger partial charge in [-0.1, -0.05) is 11.2 Å². The summed E-state index contributed by atoms with van der Waals surface area (Å²) in [7, 11) is -4.13. The third kappa shape index (κ3) is 3.11. The largest absolute Gasteiger partial charge is 0.380 e. The van der Waals surface area contributed by atoms with Crippen LogP contribution in [0.4, 0.5) is 17.1 Å². The van der Waals surface area contributed by atoms with Crippen molar-refractivity contribution in [3.63, 3.8) is 0 Å². The number of nitro groups is 1. The number of anilines is 2. The summed E-state index contributed by atoms with van der Waals surface area (Å²) in [6.45, 7) is 2.17. The summed E-state index contributed by atoms with van der Waals surface area (Å²) >= 11 is 0. The lowest BCUT2D eigenvalue weighted by Crippen LogP contribution is -2.15. The molecule has 21 heavy (non-hydrogen) atoms. The quantitative estimate of drug-likeness (QED) is 0.615. The van der Waals surface area contributed by atoms with Crippen molar-refractivity contribution in [2.24, 2.45) is 0 Å². The second kappa shape index (κ2) is 5.79. The zero-order chi connectivity index (χ0) is 15.5. The highest BCUT2D eigenvalue weighted by Crippen LogP contribution is 2.32. The lowest BCUT2D eigenvalue weighted by Gasteiger charge is -2.10. The molecule has 0 fully saturated rings. The van der Waals surface area contributed by atoms with E-state index in [-0.39, 0.29) is 11.4 Å². The minimum absolute atomic E-state index is 0.0816. The molecule has 0 radical (unpaired) electrons. The highest BCUT2D eigenvalue weighted by molar-refractivity contribution is 7.92. The standard InChI is InChI=1S/C11H12N4O5S/c1-2-12-9-4-3-5-10(11(9)15(16)17)21(18,19)14-8-6-13-20-7-8/h3-7,12,14H,2H2,1H3. The van der Waals surface area contributed by atoms with Crippen LogP contribution in [0.3, 0.4) is 0 Å². The number of sulfonamides is 1. The molecule has 0 saturated carbocycles. The molecule has 1 aromatic heterocycles. The van der Waals surface area contributed by atoms with Crippen molar-refractivity contribution in [3.8, 4) is 0 Å². The minimum atomic E-state index is -4.13. The van der Waals surface area contributed by atoms with E-state index in [2.05, 4.69) is 19.7 Å². The third-order valence-electron chi connectivity index (χ3n) is 2.52. The van der Waals surface area contributed by atoms with Gasteiger partial charge in [-0.3, -0.25) is 14.8 Å². The molecule has 0 aliphatic carbocycles. The Morgan fingerprint density at radius 1 is 1.43 bits per heavy atom. The summed E-state index contributed by atoms with van der Waals surface area (Å²) in [5.41, 5.74) is -0.294. The summed E-state index contributed by atoms with van der Waals surface area (Å²) in [6, 6.07) is 4.03. The maximum absolute atomic E-state index is 12.3. The van der Waals surface area contributed by atoms with Crippen LogP contribution in [-0.4, -0.2) is 25.0 Å². The van der Waals surface area contributed by atoms with Gasteiger partial charge in [0.2, 0.25) is 0 Å². The molecule has 9 nitrogen and oxygen atoms in total. The number of para-hydroxylation sites is 1. The van der Waals surface area contributed by atoms with E-state index in [0.29, 0.717) is 6.54 Å². The Bertz CT molecular complexity index is 742. The van der Waals surface area contributed by atoms with Crippen LogP contribution in [0, 0.1) is 10.1 Å². The second-order valence-electron chi connectivity index (χ2n) is 3.96. The van der Waals surface area contributed by atoms with E-state index in [1.54, 1.807) is 6.92 Å². The first-order valence-electron chi connectivity index (χ1n) is 5.89. The van der Waals surface area contributed by atoms with Gasteiger partial charge in [0.1, 0.15) is 17.6 Å². The molecular weight excluding hydrogens is 300 g/mol. The van der Waals surface area contributed by atoms with Crippen LogP contribution in [0.25, 0.3) is 0 Å². The van der Waals surface area contributed by atoms with E-state index in [1.807, 2.05) is 0 Å². The zero-order valence-electron chi connectivity index (χ0n) is 10.9. The van der Waals surface area contributed by atoms with Crippen LogP contribution in [0.15, 0.2) is 40.1 Å². The van der Waals surface area contributed by atoms with E-state index in [0.717, 1.165) is 18.5 Å². The molecule has 10 heteroatoms. The SMILES string of the molecule is CCNc1cccc(S(=O)(=O)Nc2cnoc2)c1[N+](=O)[O-]. The molecule has 0 saturated heterocycles. The van der Waals surface area contributed by atoms with Gasteiger partial charge in [0, 0.05) is 6.54 Å². The Kier molecular flexibility index (Phi) is 4.08. The van der Waals surface area contributed by atoms with Crippen LogP contribution in [0.2, 0.25) is 0 Å². The van der Waals surface area contributed by atoms with Crippen molar-refractivity contribution in [2.75, 3.05) is 16.6 Å². The molecule has 0 atom stereocenters. The van der Waals surface area contributed by atoms with Crippen LogP contribution in [-0.2, 0) is 10.0 Å². The lowest BCUT2D eigenvalue weighted by atomic mass is 10.2. The predicted octanol–water partition coefficient (Wildman–Crippen LogP) is 1.82. The van der Waals surface area contributed by atoms with Gasteiger partial charge in [-0.15, -0.1) is 0 Å². The van der Waals surface area contributed by atoms with Crippen LogP contribution in [0.1, 0.15) is 6.92 Å². The van der Waals surface area contributed by atoms with E-state index in [4.69, 9.17) is 0 Å². The number of hydrogen-bond donors (Lipinski definition) is 2. The average Bonchev–Trinajstić information content (AvgIpc) is 2.90. The number of aromatic nitrogens is 1. The van der Waals surface area contributed by atoms with Gasteiger partial charge < -0.3 is 9.84 Å². The molecule has 2 aromatic rings. The van der Waals surface area contributed by atoms with Crippen LogP contribution < -0.4 is 10.0 Å². The molecule has 1 aromatic carbocycles. The molecule has 0 aliphatic heterocycles. The Labute approximate surface area is 120 Å². The van der Waals surface area contributed by atoms with Crippen LogP contribution in [0.5, 0.6) is 0 Å². The number of nitro benzene ring substituents is 1. The molecule has 112 valence electrons. The summed E-state index contributed by atoms with van der Waals surface area (Å²) in [4.78, 5) is 10.0. The van der Waals surface area contributed by atoms with E-state index in [1.165, 1.54) is 12.1 Å².